The van der Waals surface area contributed by atoms with Crippen LogP contribution in [0.1, 0.15) is 89.0 Å². The van der Waals surface area contributed by atoms with Crippen molar-refractivity contribution in [2.75, 3.05) is 36.8 Å². The van der Waals surface area contributed by atoms with E-state index in [0.29, 0.717) is 50.0 Å². The number of carbonyl (C=O) groups is 2. The predicted octanol–water partition coefficient (Wildman–Crippen LogP) is 10.1. The summed E-state index contributed by atoms with van der Waals surface area (Å²) < 4.78 is 51.3. The summed E-state index contributed by atoms with van der Waals surface area (Å²) >= 11 is 0. The number of allylic oxidation sites excluding steroid dienone is 6. The Labute approximate surface area is 389 Å². The molecular weight excluding hydrogens is 848 g/mol. The molecule has 2 N–H and O–H groups in total. The first-order valence-electron chi connectivity index (χ1n) is 23.0. The third-order valence-electron chi connectivity index (χ3n) is 13.1. The molecule has 0 saturated carbocycles. The quantitative estimate of drug-likeness (QED) is 0.0391. The minimum absolute atomic E-state index is 0.0918. The number of carbonyl (C=O) groups excluding carboxylic acids is 2. The summed E-state index contributed by atoms with van der Waals surface area (Å²) in [5, 5.41) is 8.27. The molecule has 0 aliphatic carbocycles. The number of nitrogens with zero attached hydrogens (tertiary/aromatic N) is 2. The van der Waals surface area contributed by atoms with Crippen LogP contribution in [0.25, 0.3) is 21.9 Å². The van der Waals surface area contributed by atoms with Crippen LogP contribution in [0, 0.1) is 5.82 Å². The van der Waals surface area contributed by atoms with Gasteiger partial charge in [0.15, 0.2) is 5.71 Å². The fraction of sp³-hybridized carbons (Fsp3) is 0.327. The first-order valence-corrected chi connectivity index (χ1v) is 24.6. The molecule has 0 unspecified atom stereocenters. The van der Waals surface area contributed by atoms with E-state index in [1.807, 2.05) is 48.5 Å². The molecule has 5 aromatic carbocycles. The summed E-state index contributed by atoms with van der Waals surface area (Å²) in [6.07, 6.45) is 12.1. The number of nitrogens with one attached hydrogen (secondary N) is 2. The Balaban J connectivity index is 0.954. The zero-order chi connectivity index (χ0) is 47.2. The van der Waals surface area contributed by atoms with Crippen LogP contribution in [0.5, 0.6) is 0 Å². The molecular formula is C55H61FN4O5S. The number of anilines is 1. The Morgan fingerprint density at radius 2 is 1.58 bits per heavy atom. The van der Waals surface area contributed by atoms with Crippen molar-refractivity contribution in [2.24, 2.45) is 0 Å². The average Bonchev–Trinajstić information content (AvgIpc) is 3.64. The van der Waals surface area contributed by atoms with E-state index in [9.17, 15) is 27.0 Å². The SMILES string of the molecule is CCN1/C(=C/C=C/C=C/C2=[N+](CCCCS(=O)(=O)[O-])c3ccc4ccccc4c3C2(C)C)C(C)(C)c2cc(CC(=O)NCCCNC(=O)[C@@H](C)c3ccc(-c4ccccc4)c(F)c3)ccc21. The van der Waals surface area contributed by atoms with Gasteiger partial charge in [-0.05, 0) is 97.8 Å². The Morgan fingerprint density at radius 3 is 2.32 bits per heavy atom. The number of hydrogen-bond acceptors (Lipinski definition) is 6. The Kier molecular flexibility index (Phi) is 14.6. The molecule has 7 rings (SSSR count). The fourth-order valence-electron chi connectivity index (χ4n) is 9.59. The van der Waals surface area contributed by atoms with Gasteiger partial charge in [0.2, 0.25) is 17.5 Å². The van der Waals surface area contributed by atoms with Crippen molar-refractivity contribution in [3.05, 3.63) is 167 Å². The molecule has 0 bridgehead atoms. The highest BCUT2D eigenvalue weighted by molar-refractivity contribution is 7.85. The highest BCUT2D eigenvalue weighted by Gasteiger charge is 2.45. The summed E-state index contributed by atoms with van der Waals surface area (Å²) in [7, 11) is -4.27. The van der Waals surface area contributed by atoms with Crippen molar-refractivity contribution < 1.29 is 31.5 Å². The number of rotatable bonds is 18. The molecule has 0 fully saturated rings. The van der Waals surface area contributed by atoms with E-state index >= 15 is 0 Å². The first kappa shape index (κ1) is 47.8. The summed E-state index contributed by atoms with van der Waals surface area (Å²) in [5.74, 6) is -1.55. The van der Waals surface area contributed by atoms with Crippen LogP contribution in [0.2, 0.25) is 0 Å². The highest BCUT2D eigenvalue weighted by Crippen LogP contribution is 2.48. The van der Waals surface area contributed by atoms with E-state index in [2.05, 4.69) is 121 Å². The second-order valence-corrected chi connectivity index (χ2v) is 19.9. The predicted molar refractivity (Wildman–Crippen MR) is 264 cm³/mol. The molecule has 9 nitrogen and oxygen atoms in total. The maximum atomic E-state index is 14.9. The zero-order valence-corrected chi connectivity index (χ0v) is 39.7. The molecule has 11 heteroatoms. The third-order valence-corrected chi connectivity index (χ3v) is 13.9. The van der Waals surface area contributed by atoms with Crippen LogP contribution in [-0.4, -0.2) is 67.0 Å². The van der Waals surface area contributed by atoms with Gasteiger partial charge in [-0.2, -0.15) is 4.58 Å². The van der Waals surface area contributed by atoms with Crippen molar-refractivity contribution in [3.8, 4) is 11.1 Å². The van der Waals surface area contributed by atoms with Crippen LogP contribution >= 0.6 is 0 Å². The lowest BCUT2D eigenvalue weighted by Gasteiger charge is -2.25. The van der Waals surface area contributed by atoms with Gasteiger partial charge in [0, 0.05) is 71.9 Å². The Hall–Kier alpha value is -6.17. The lowest BCUT2D eigenvalue weighted by Crippen LogP contribution is -2.32. The fourth-order valence-corrected chi connectivity index (χ4v) is 10.1. The van der Waals surface area contributed by atoms with Gasteiger partial charge in [-0.25, -0.2) is 12.8 Å². The summed E-state index contributed by atoms with van der Waals surface area (Å²) in [5.41, 5.74) is 9.02. The smallest absolute Gasteiger partial charge is 0.227 e. The average molecular weight is 909 g/mol. The standard InChI is InChI=1S/C55H61FN4O5S/c1-7-59-47-29-25-39(36-51(61)57-31-18-32-58-53(62)38(2)42-26-28-43(46(56)37-42)40-19-10-8-11-20-40)35-45(47)54(3,4)49(59)23-12-9-13-24-50-55(5,6)52-44-22-15-14-21-41(44)27-30-48(52)60(50)33-16-17-34-66(63,64)65/h8-15,19-30,35,37-38H,7,16-18,31-34,36H2,1-6H3,(H2-,57,58,61,62,63,64,65)/t38-/m0/s1. The Morgan fingerprint density at radius 1 is 0.833 bits per heavy atom. The van der Waals surface area contributed by atoms with E-state index in [-0.39, 0.29) is 40.6 Å². The van der Waals surface area contributed by atoms with Crippen molar-refractivity contribution in [1.29, 1.82) is 0 Å². The Bertz CT molecular complexity index is 2860. The number of unbranched alkanes of at least 4 members (excludes halogenated alkanes) is 1. The van der Waals surface area contributed by atoms with Gasteiger partial charge in [0.25, 0.3) is 0 Å². The normalized spacial score (nSPS) is 16.4. The van der Waals surface area contributed by atoms with Crippen LogP contribution in [0.15, 0.2) is 139 Å². The first-order chi connectivity index (χ1) is 31.5. The van der Waals surface area contributed by atoms with Crippen molar-refractivity contribution >= 4 is 49.8 Å². The van der Waals surface area contributed by atoms with Crippen molar-refractivity contribution in [1.82, 2.24) is 10.6 Å². The van der Waals surface area contributed by atoms with Gasteiger partial charge in [0.1, 0.15) is 12.4 Å². The number of likely N-dealkylation sites (N-methyl/N-ethyl adjacent to an activating group) is 1. The van der Waals surface area contributed by atoms with Gasteiger partial charge < -0.3 is 20.1 Å². The van der Waals surface area contributed by atoms with Gasteiger partial charge in [0.05, 0.1) is 27.9 Å². The molecule has 2 amide bonds. The molecule has 1 atom stereocenters. The molecule has 344 valence electrons. The molecule has 5 aromatic rings. The van der Waals surface area contributed by atoms with Gasteiger partial charge in [-0.3, -0.25) is 9.59 Å². The van der Waals surface area contributed by atoms with Crippen LogP contribution in [-0.2, 0) is 37.0 Å². The second-order valence-electron chi connectivity index (χ2n) is 18.3. The van der Waals surface area contributed by atoms with E-state index in [1.54, 1.807) is 19.1 Å². The minimum Gasteiger partial charge on any atom is -0.748 e. The van der Waals surface area contributed by atoms with E-state index < -0.39 is 16.0 Å². The molecule has 0 radical (unpaired) electrons. The van der Waals surface area contributed by atoms with Gasteiger partial charge in [-0.15, -0.1) is 0 Å². The van der Waals surface area contributed by atoms with E-state index in [4.69, 9.17) is 0 Å². The van der Waals surface area contributed by atoms with Gasteiger partial charge in [-0.1, -0.05) is 111 Å². The summed E-state index contributed by atoms with van der Waals surface area (Å²) in [6, 6.07) is 33.2. The number of fused-ring (bicyclic) bond motifs is 4. The van der Waals surface area contributed by atoms with Crippen LogP contribution in [0.3, 0.4) is 0 Å². The molecule has 2 heterocycles. The van der Waals surface area contributed by atoms with Crippen molar-refractivity contribution in [3.63, 3.8) is 0 Å². The molecule has 0 aromatic heterocycles. The monoisotopic (exact) mass is 908 g/mol. The van der Waals surface area contributed by atoms with Crippen molar-refractivity contribution in [2.45, 2.75) is 84.0 Å². The maximum absolute atomic E-state index is 14.9. The zero-order valence-electron chi connectivity index (χ0n) is 38.9. The molecule has 0 spiro atoms. The summed E-state index contributed by atoms with van der Waals surface area (Å²) in [6.45, 7) is 14.9. The lowest BCUT2D eigenvalue weighted by atomic mass is 9.79. The number of hydrogen-bond donors (Lipinski definition) is 2. The van der Waals surface area contributed by atoms with E-state index in [1.165, 1.54) is 22.4 Å². The number of benzene rings is 5. The van der Waals surface area contributed by atoms with Crippen LogP contribution < -0.4 is 15.5 Å². The number of halogens is 1. The van der Waals surface area contributed by atoms with E-state index in [0.717, 1.165) is 46.0 Å². The molecule has 2 aliphatic rings. The molecule has 66 heavy (non-hydrogen) atoms. The molecule has 2 aliphatic heterocycles. The summed E-state index contributed by atoms with van der Waals surface area (Å²) in [4.78, 5) is 28.3. The van der Waals surface area contributed by atoms with Gasteiger partial charge >= 0.3 is 0 Å². The molecule has 0 saturated heterocycles. The highest BCUT2D eigenvalue weighted by atomic mass is 32.2. The minimum atomic E-state index is -4.27. The van der Waals surface area contributed by atoms with Crippen LogP contribution in [0.4, 0.5) is 15.8 Å². The number of amides is 2. The topological polar surface area (TPSA) is 122 Å². The lowest BCUT2D eigenvalue weighted by molar-refractivity contribution is -0.438. The largest absolute Gasteiger partial charge is 0.748 e. The second kappa shape index (κ2) is 20.1. The third kappa shape index (κ3) is 10.4. The maximum Gasteiger partial charge on any atom is 0.227 e.